The predicted molar refractivity (Wildman–Crippen MR) is 79.3 cm³/mol. The maximum absolute atomic E-state index is 13.0. The van der Waals surface area contributed by atoms with E-state index in [0.717, 1.165) is 30.2 Å². The molecule has 0 amide bonds. The highest BCUT2D eigenvalue weighted by atomic mass is 19.1. The minimum Gasteiger partial charge on any atom is -0.464 e. The van der Waals surface area contributed by atoms with Crippen molar-refractivity contribution in [3.05, 3.63) is 53.7 Å². The van der Waals surface area contributed by atoms with Crippen molar-refractivity contribution >= 4 is 5.69 Å². The van der Waals surface area contributed by atoms with Gasteiger partial charge in [0.25, 0.3) is 0 Å². The molecule has 1 atom stereocenters. The molecule has 0 bridgehead atoms. The van der Waals surface area contributed by atoms with Crippen molar-refractivity contribution in [3.8, 4) is 0 Å². The van der Waals surface area contributed by atoms with Crippen LogP contribution in [-0.2, 0) is 6.42 Å². The lowest BCUT2D eigenvalue weighted by atomic mass is 10.1. The molecule has 3 nitrogen and oxygen atoms in total. The quantitative estimate of drug-likeness (QED) is 0.878. The second kappa shape index (κ2) is 6.57. The molecule has 0 fully saturated rings. The number of anilines is 1. The summed E-state index contributed by atoms with van der Waals surface area (Å²) in [4.78, 5) is 2.12. The van der Waals surface area contributed by atoms with Crippen LogP contribution in [0.15, 0.2) is 40.8 Å². The van der Waals surface area contributed by atoms with Gasteiger partial charge in [0, 0.05) is 25.2 Å². The molecule has 4 heteroatoms. The van der Waals surface area contributed by atoms with Crippen LogP contribution < -0.4 is 10.6 Å². The number of rotatable bonds is 6. The lowest BCUT2D eigenvalue weighted by molar-refractivity contribution is 0.426. The minimum atomic E-state index is -0.236. The summed E-state index contributed by atoms with van der Waals surface area (Å²) in [7, 11) is 0. The van der Waals surface area contributed by atoms with Gasteiger partial charge in [-0.1, -0.05) is 6.92 Å². The highest BCUT2D eigenvalue weighted by Gasteiger charge is 2.21. The summed E-state index contributed by atoms with van der Waals surface area (Å²) in [5.41, 5.74) is 6.87. The molecule has 1 aromatic heterocycles. The number of benzene rings is 1. The molecule has 20 heavy (non-hydrogen) atoms. The van der Waals surface area contributed by atoms with E-state index in [0.29, 0.717) is 6.54 Å². The Balaban J connectivity index is 2.29. The smallest absolute Gasteiger partial charge is 0.127 e. The van der Waals surface area contributed by atoms with Gasteiger partial charge in [0.2, 0.25) is 0 Å². The molecule has 2 rings (SSSR count). The Morgan fingerprint density at radius 1 is 1.15 bits per heavy atom. The summed E-state index contributed by atoms with van der Waals surface area (Å²) in [6.45, 7) is 5.32. The summed E-state index contributed by atoms with van der Waals surface area (Å²) in [5.74, 6) is 1.57. The highest BCUT2D eigenvalue weighted by Crippen LogP contribution is 2.27. The Hall–Kier alpha value is -1.81. The molecule has 0 aliphatic rings. The first-order valence-corrected chi connectivity index (χ1v) is 7.00. The van der Waals surface area contributed by atoms with Crippen LogP contribution in [0.25, 0.3) is 0 Å². The monoisotopic (exact) mass is 276 g/mol. The van der Waals surface area contributed by atoms with Crippen LogP contribution in [0, 0.1) is 5.82 Å². The molecule has 2 N–H and O–H groups in total. The number of furan rings is 1. The third-order valence-corrected chi connectivity index (χ3v) is 3.46. The molecular weight excluding hydrogens is 255 g/mol. The second-order valence-corrected chi connectivity index (χ2v) is 4.67. The average Bonchev–Trinajstić information content (AvgIpc) is 2.94. The van der Waals surface area contributed by atoms with E-state index in [4.69, 9.17) is 10.2 Å². The third kappa shape index (κ3) is 3.02. The molecule has 1 aromatic carbocycles. The summed E-state index contributed by atoms with van der Waals surface area (Å²) < 4.78 is 18.9. The fraction of sp³-hybridized carbons (Fsp3) is 0.375. The Labute approximate surface area is 119 Å². The van der Waals surface area contributed by atoms with Gasteiger partial charge in [0.15, 0.2) is 0 Å². The molecule has 0 aliphatic carbocycles. The van der Waals surface area contributed by atoms with E-state index in [-0.39, 0.29) is 11.9 Å². The van der Waals surface area contributed by atoms with Crippen molar-refractivity contribution in [2.24, 2.45) is 5.73 Å². The third-order valence-electron chi connectivity index (χ3n) is 3.46. The summed E-state index contributed by atoms with van der Waals surface area (Å²) >= 11 is 0. The average molecular weight is 276 g/mol. The van der Waals surface area contributed by atoms with Gasteiger partial charge in [0.1, 0.15) is 17.3 Å². The minimum absolute atomic E-state index is 0.0363. The van der Waals surface area contributed by atoms with Crippen LogP contribution in [0.4, 0.5) is 10.1 Å². The van der Waals surface area contributed by atoms with E-state index in [2.05, 4.69) is 18.7 Å². The highest BCUT2D eigenvalue weighted by molar-refractivity contribution is 5.48. The van der Waals surface area contributed by atoms with Crippen molar-refractivity contribution in [2.75, 3.05) is 18.0 Å². The Kier molecular flexibility index (Phi) is 4.79. The zero-order valence-corrected chi connectivity index (χ0v) is 12.0. The zero-order chi connectivity index (χ0) is 14.5. The number of nitrogens with zero attached hydrogens (tertiary/aromatic N) is 1. The van der Waals surface area contributed by atoms with Crippen molar-refractivity contribution in [2.45, 2.75) is 26.3 Å². The van der Waals surface area contributed by atoms with Crippen LogP contribution in [0.3, 0.4) is 0 Å². The van der Waals surface area contributed by atoms with Gasteiger partial charge >= 0.3 is 0 Å². The second-order valence-electron chi connectivity index (χ2n) is 4.67. The van der Waals surface area contributed by atoms with Crippen LogP contribution in [-0.4, -0.2) is 13.1 Å². The van der Waals surface area contributed by atoms with E-state index in [1.807, 2.05) is 12.1 Å². The molecule has 1 heterocycles. The van der Waals surface area contributed by atoms with Crippen molar-refractivity contribution in [3.63, 3.8) is 0 Å². The fourth-order valence-electron chi connectivity index (χ4n) is 2.38. The van der Waals surface area contributed by atoms with Crippen LogP contribution in [0.2, 0.25) is 0 Å². The number of nitrogens with two attached hydrogens (primary N) is 1. The van der Waals surface area contributed by atoms with Gasteiger partial charge in [-0.2, -0.15) is 0 Å². The largest absolute Gasteiger partial charge is 0.464 e. The zero-order valence-electron chi connectivity index (χ0n) is 12.0. The van der Waals surface area contributed by atoms with Gasteiger partial charge in [-0.15, -0.1) is 0 Å². The molecule has 0 saturated carbocycles. The Bertz CT molecular complexity index is 536. The van der Waals surface area contributed by atoms with Gasteiger partial charge in [-0.25, -0.2) is 4.39 Å². The molecule has 2 aromatic rings. The molecular formula is C16H21FN2O. The van der Waals surface area contributed by atoms with Crippen molar-refractivity contribution in [1.82, 2.24) is 0 Å². The predicted octanol–water partition coefficient (Wildman–Crippen LogP) is 3.51. The Morgan fingerprint density at radius 3 is 2.35 bits per heavy atom. The Morgan fingerprint density at radius 2 is 1.85 bits per heavy atom. The van der Waals surface area contributed by atoms with Gasteiger partial charge in [-0.05, 0) is 43.3 Å². The van der Waals surface area contributed by atoms with Crippen molar-refractivity contribution in [1.29, 1.82) is 0 Å². The summed E-state index contributed by atoms with van der Waals surface area (Å²) in [6.07, 6.45) is 0.861. The van der Waals surface area contributed by atoms with E-state index in [1.165, 1.54) is 12.1 Å². The van der Waals surface area contributed by atoms with E-state index >= 15 is 0 Å². The number of hydrogen-bond donors (Lipinski definition) is 1. The van der Waals surface area contributed by atoms with Crippen LogP contribution in [0.1, 0.15) is 31.4 Å². The first kappa shape index (κ1) is 14.6. The van der Waals surface area contributed by atoms with Gasteiger partial charge < -0.3 is 15.1 Å². The first-order chi connectivity index (χ1) is 9.69. The molecule has 108 valence electrons. The van der Waals surface area contributed by atoms with Crippen molar-refractivity contribution < 1.29 is 8.81 Å². The molecule has 0 aliphatic heterocycles. The lowest BCUT2D eigenvalue weighted by Gasteiger charge is -2.30. The number of aryl methyl sites for hydroxylation is 1. The van der Waals surface area contributed by atoms with Crippen LogP contribution in [0.5, 0.6) is 0 Å². The topological polar surface area (TPSA) is 42.4 Å². The molecule has 0 saturated heterocycles. The SMILES string of the molecule is CCc1ccc(C(CN)N(CC)c2ccc(F)cc2)o1. The normalized spacial score (nSPS) is 12.4. The van der Waals surface area contributed by atoms with E-state index in [9.17, 15) is 4.39 Å². The van der Waals surface area contributed by atoms with E-state index in [1.54, 1.807) is 12.1 Å². The van der Waals surface area contributed by atoms with Crippen LogP contribution >= 0.6 is 0 Å². The fourth-order valence-corrected chi connectivity index (χ4v) is 2.38. The number of likely N-dealkylation sites (N-methyl/N-ethyl adjacent to an activating group) is 1. The lowest BCUT2D eigenvalue weighted by Crippen LogP contribution is -2.33. The molecule has 1 unspecified atom stereocenters. The molecule has 0 spiro atoms. The maximum Gasteiger partial charge on any atom is 0.127 e. The number of halogens is 1. The summed E-state index contributed by atoms with van der Waals surface area (Å²) in [6, 6.07) is 10.4. The maximum atomic E-state index is 13.0. The molecule has 0 radical (unpaired) electrons. The standard InChI is InChI=1S/C16H21FN2O/c1-3-14-9-10-16(20-14)15(11-18)19(4-2)13-7-5-12(17)6-8-13/h5-10,15H,3-4,11,18H2,1-2H3. The summed E-state index contributed by atoms with van der Waals surface area (Å²) in [5, 5.41) is 0. The van der Waals surface area contributed by atoms with Gasteiger partial charge in [0.05, 0.1) is 6.04 Å². The first-order valence-electron chi connectivity index (χ1n) is 7.00. The van der Waals surface area contributed by atoms with Gasteiger partial charge in [-0.3, -0.25) is 0 Å². The number of hydrogen-bond acceptors (Lipinski definition) is 3. The van der Waals surface area contributed by atoms with E-state index < -0.39 is 0 Å².